The van der Waals surface area contributed by atoms with Gasteiger partial charge in [0.15, 0.2) is 0 Å². The lowest BCUT2D eigenvalue weighted by Crippen LogP contribution is -2.46. The Labute approximate surface area is 109 Å². The number of nitrogens with one attached hydrogen (secondary N) is 1. The molecule has 0 heterocycles. The normalized spacial score (nSPS) is 12.1. The second kappa shape index (κ2) is 5.43. The summed E-state index contributed by atoms with van der Waals surface area (Å²) in [6.45, 7) is -1.89. The van der Waals surface area contributed by atoms with Crippen molar-refractivity contribution in [3.05, 3.63) is 35.4 Å². The molecule has 0 fully saturated rings. The third-order valence-corrected chi connectivity index (χ3v) is 2.29. The summed E-state index contributed by atoms with van der Waals surface area (Å²) in [6.07, 6.45) is -5.75. The average Bonchev–Trinajstić information content (AvgIpc) is 2.34. The molecule has 1 rings (SSSR count). The van der Waals surface area contributed by atoms with Crippen LogP contribution in [0.5, 0.6) is 0 Å². The summed E-state index contributed by atoms with van der Waals surface area (Å²) in [5.74, 6) is -7.07. The van der Waals surface area contributed by atoms with E-state index in [-0.39, 0.29) is 11.1 Å². The SMILES string of the molecule is NC(=O)c1cccc(C(=O)NCC(F)(F)C(F)(F)F)c1. The number of benzene rings is 1. The first-order valence-corrected chi connectivity index (χ1v) is 5.17. The molecule has 0 aliphatic carbocycles. The highest BCUT2D eigenvalue weighted by atomic mass is 19.4. The number of carbonyl (C=O) groups excluding carboxylic acids is 2. The maximum absolute atomic E-state index is 12.6. The number of alkyl halides is 5. The van der Waals surface area contributed by atoms with Crippen molar-refractivity contribution in [2.24, 2.45) is 5.73 Å². The standard InChI is InChI=1S/C11H9F5N2O2/c12-10(13,11(14,15)16)5-18-9(20)7-3-1-2-6(4-7)8(17)19/h1-4H,5H2,(H2,17,19)(H,18,20). The Morgan fingerprint density at radius 1 is 1.10 bits per heavy atom. The predicted molar refractivity (Wildman–Crippen MR) is 58.3 cm³/mol. The van der Waals surface area contributed by atoms with Crippen LogP contribution in [0.2, 0.25) is 0 Å². The zero-order chi connectivity index (χ0) is 15.6. The highest BCUT2D eigenvalue weighted by Crippen LogP contribution is 2.34. The van der Waals surface area contributed by atoms with Crippen molar-refractivity contribution in [3.8, 4) is 0 Å². The zero-order valence-corrected chi connectivity index (χ0v) is 9.80. The maximum Gasteiger partial charge on any atom is 0.455 e. The first-order chi connectivity index (χ1) is 9.04. The van der Waals surface area contributed by atoms with Gasteiger partial charge in [0.1, 0.15) is 0 Å². The molecule has 0 aliphatic rings. The lowest BCUT2D eigenvalue weighted by molar-refractivity contribution is -0.278. The summed E-state index contributed by atoms with van der Waals surface area (Å²) < 4.78 is 60.9. The molecule has 20 heavy (non-hydrogen) atoms. The molecule has 0 saturated carbocycles. The monoisotopic (exact) mass is 296 g/mol. The van der Waals surface area contributed by atoms with E-state index in [4.69, 9.17) is 5.73 Å². The quantitative estimate of drug-likeness (QED) is 0.830. The largest absolute Gasteiger partial charge is 0.455 e. The van der Waals surface area contributed by atoms with E-state index in [1.807, 2.05) is 0 Å². The van der Waals surface area contributed by atoms with E-state index in [0.29, 0.717) is 0 Å². The van der Waals surface area contributed by atoms with Crippen LogP contribution in [0.25, 0.3) is 0 Å². The van der Waals surface area contributed by atoms with Crippen LogP contribution in [0, 0.1) is 0 Å². The van der Waals surface area contributed by atoms with E-state index < -0.39 is 30.5 Å². The Kier molecular flexibility index (Phi) is 4.31. The van der Waals surface area contributed by atoms with Crippen LogP contribution in [0.3, 0.4) is 0 Å². The van der Waals surface area contributed by atoms with E-state index in [0.717, 1.165) is 12.1 Å². The topological polar surface area (TPSA) is 72.2 Å². The van der Waals surface area contributed by atoms with Crippen molar-refractivity contribution in [2.45, 2.75) is 12.1 Å². The van der Waals surface area contributed by atoms with Gasteiger partial charge in [-0.2, -0.15) is 22.0 Å². The van der Waals surface area contributed by atoms with Crippen LogP contribution < -0.4 is 11.1 Å². The molecule has 0 saturated heterocycles. The second-order valence-corrected chi connectivity index (χ2v) is 3.83. The van der Waals surface area contributed by atoms with Gasteiger partial charge in [0.25, 0.3) is 5.91 Å². The molecule has 0 atom stereocenters. The number of primary amides is 1. The van der Waals surface area contributed by atoms with Crippen LogP contribution in [0.15, 0.2) is 24.3 Å². The van der Waals surface area contributed by atoms with Crippen molar-refractivity contribution in [1.82, 2.24) is 5.32 Å². The van der Waals surface area contributed by atoms with Crippen molar-refractivity contribution < 1.29 is 31.5 Å². The molecule has 3 N–H and O–H groups in total. The van der Waals surface area contributed by atoms with E-state index >= 15 is 0 Å². The Balaban J connectivity index is 2.78. The fraction of sp³-hybridized carbons (Fsp3) is 0.273. The van der Waals surface area contributed by atoms with Crippen LogP contribution in [-0.4, -0.2) is 30.5 Å². The molecule has 2 amide bonds. The number of halogens is 5. The van der Waals surface area contributed by atoms with Gasteiger partial charge >= 0.3 is 12.1 Å². The molecular weight excluding hydrogens is 287 g/mol. The summed E-state index contributed by atoms with van der Waals surface area (Å²) in [4.78, 5) is 22.3. The number of hydrogen-bond acceptors (Lipinski definition) is 2. The van der Waals surface area contributed by atoms with Gasteiger partial charge in [-0.05, 0) is 18.2 Å². The highest BCUT2D eigenvalue weighted by Gasteiger charge is 2.57. The summed E-state index contributed by atoms with van der Waals surface area (Å²) in [5.41, 5.74) is 4.62. The predicted octanol–water partition coefficient (Wildman–Crippen LogP) is 1.71. The first-order valence-electron chi connectivity index (χ1n) is 5.17. The second-order valence-electron chi connectivity index (χ2n) is 3.83. The molecule has 9 heteroatoms. The summed E-state index contributed by atoms with van der Waals surface area (Å²) in [5, 5.41) is 1.45. The fourth-order valence-electron chi connectivity index (χ4n) is 1.21. The lowest BCUT2D eigenvalue weighted by atomic mass is 10.1. The molecule has 0 unspecified atom stereocenters. The third-order valence-electron chi connectivity index (χ3n) is 2.29. The van der Waals surface area contributed by atoms with E-state index in [1.165, 1.54) is 17.4 Å². The van der Waals surface area contributed by atoms with Gasteiger partial charge in [-0.3, -0.25) is 9.59 Å². The molecule has 1 aromatic carbocycles. The van der Waals surface area contributed by atoms with Gasteiger partial charge in [0.05, 0.1) is 6.54 Å². The van der Waals surface area contributed by atoms with Gasteiger partial charge in [-0.1, -0.05) is 6.07 Å². The molecule has 110 valence electrons. The summed E-state index contributed by atoms with van der Waals surface area (Å²) >= 11 is 0. The van der Waals surface area contributed by atoms with Crippen molar-refractivity contribution >= 4 is 11.8 Å². The minimum Gasteiger partial charge on any atom is -0.366 e. The number of carbonyl (C=O) groups is 2. The van der Waals surface area contributed by atoms with Crippen molar-refractivity contribution in [3.63, 3.8) is 0 Å². The summed E-state index contributed by atoms with van der Waals surface area (Å²) in [7, 11) is 0. The van der Waals surface area contributed by atoms with Gasteiger partial charge in [-0.15, -0.1) is 0 Å². The molecule has 0 aliphatic heterocycles. The molecule has 4 nitrogen and oxygen atoms in total. The first kappa shape index (κ1) is 15.9. The zero-order valence-electron chi connectivity index (χ0n) is 9.80. The molecule has 1 aromatic rings. The van der Waals surface area contributed by atoms with E-state index in [1.54, 1.807) is 0 Å². The molecule has 0 aromatic heterocycles. The van der Waals surface area contributed by atoms with Crippen LogP contribution in [-0.2, 0) is 0 Å². The number of rotatable bonds is 4. The summed E-state index contributed by atoms with van der Waals surface area (Å²) in [6, 6.07) is 4.65. The van der Waals surface area contributed by atoms with Gasteiger partial charge in [0, 0.05) is 11.1 Å². The highest BCUT2D eigenvalue weighted by molar-refractivity contribution is 5.99. The third kappa shape index (κ3) is 3.65. The van der Waals surface area contributed by atoms with E-state index in [2.05, 4.69) is 0 Å². The Bertz CT molecular complexity index is 528. The average molecular weight is 296 g/mol. The molecular formula is C11H9F5N2O2. The van der Waals surface area contributed by atoms with Crippen LogP contribution >= 0.6 is 0 Å². The van der Waals surface area contributed by atoms with Gasteiger partial charge < -0.3 is 11.1 Å². The molecule has 0 radical (unpaired) electrons. The lowest BCUT2D eigenvalue weighted by Gasteiger charge is -2.19. The van der Waals surface area contributed by atoms with Gasteiger partial charge in [-0.25, -0.2) is 0 Å². The minimum absolute atomic E-state index is 0.0692. The molecule has 0 spiro atoms. The minimum atomic E-state index is -5.75. The Morgan fingerprint density at radius 3 is 2.15 bits per heavy atom. The van der Waals surface area contributed by atoms with Crippen molar-refractivity contribution in [2.75, 3.05) is 6.54 Å². The Morgan fingerprint density at radius 2 is 1.65 bits per heavy atom. The van der Waals surface area contributed by atoms with E-state index in [9.17, 15) is 31.5 Å². The fourth-order valence-corrected chi connectivity index (χ4v) is 1.21. The smallest absolute Gasteiger partial charge is 0.366 e. The number of amides is 2. The van der Waals surface area contributed by atoms with Gasteiger partial charge in [0.2, 0.25) is 5.91 Å². The molecule has 0 bridgehead atoms. The van der Waals surface area contributed by atoms with Crippen molar-refractivity contribution in [1.29, 1.82) is 0 Å². The number of nitrogens with two attached hydrogens (primary N) is 1. The van der Waals surface area contributed by atoms with Crippen LogP contribution in [0.4, 0.5) is 22.0 Å². The Hall–Kier alpha value is -2.19. The van der Waals surface area contributed by atoms with Crippen LogP contribution in [0.1, 0.15) is 20.7 Å². The number of hydrogen-bond donors (Lipinski definition) is 2. The maximum atomic E-state index is 12.6.